The van der Waals surface area contributed by atoms with E-state index in [1.165, 1.54) is 52.7 Å². The molecule has 0 aliphatic heterocycles. The summed E-state index contributed by atoms with van der Waals surface area (Å²) >= 11 is 9.16. The molecule has 0 radical (unpaired) electrons. The van der Waals surface area contributed by atoms with Gasteiger partial charge in [-0.15, -0.1) is 0 Å². The molecular weight excluding hydrogens is 673 g/mol. The van der Waals surface area contributed by atoms with Crippen LogP contribution in [0.3, 0.4) is 0 Å². The number of hydrogen-bond donors (Lipinski definition) is 0. The average Bonchev–Trinajstić information content (AvgIpc) is 3.05. The first-order valence-electron chi connectivity index (χ1n) is 9.98. The zero-order valence-corrected chi connectivity index (χ0v) is 22.0. The van der Waals surface area contributed by atoms with Crippen molar-refractivity contribution in [2.75, 3.05) is 0 Å². The van der Waals surface area contributed by atoms with Gasteiger partial charge >= 0.3 is 130 Å². The molecule has 2 aromatic carbocycles. The Morgan fingerprint density at radius 3 is 2.07 bits per heavy atom. The fourth-order valence-corrected chi connectivity index (χ4v) is 5.03. The Balaban J connectivity index is 0.000000224. The van der Waals surface area contributed by atoms with Gasteiger partial charge in [0.2, 0.25) is 0 Å². The minimum atomic E-state index is 0.721. The fraction of sp³-hybridized carbons (Fsp3) is 0.348. The molecule has 158 valence electrons. The van der Waals surface area contributed by atoms with E-state index in [2.05, 4.69) is 135 Å². The molecule has 1 aromatic heterocycles. The van der Waals surface area contributed by atoms with Crippen molar-refractivity contribution in [2.45, 2.75) is 44.7 Å². The molecule has 29 heavy (non-hydrogen) atoms. The topological polar surface area (TPSA) is 13.1 Å². The van der Waals surface area contributed by atoms with Crippen molar-refractivity contribution < 1.29 is 19.4 Å². The van der Waals surface area contributed by atoms with E-state index in [0.717, 1.165) is 12.6 Å². The third-order valence-corrected chi connectivity index (χ3v) is 7.76. The summed E-state index contributed by atoms with van der Waals surface area (Å²) in [7, 11) is 2.09. The van der Waals surface area contributed by atoms with Crippen LogP contribution in [0.5, 0.6) is 0 Å². The summed E-state index contributed by atoms with van der Waals surface area (Å²) in [5.74, 6) is 0. The molecule has 1 heterocycles. The molecule has 1 aliphatic rings. The molecular formula is C23H27Br2N3Pt. The van der Waals surface area contributed by atoms with E-state index in [1.54, 1.807) is 0 Å². The Labute approximate surface area is 201 Å². The van der Waals surface area contributed by atoms with Gasteiger partial charge in [0.1, 0.15) is 0 Å². The van der Waals surface area contributed by atoms with E-state index in [0.29, 0.717) is 0 Å². The van der Waals surface area contributed by atoms with Crippen molar-refractivity contribution in [3.63, 3.8) is 0 Å². The van der Waals surface area contributed by atoms with Gasteiger partial charge in [-0.25, -0.2) is 0 Å². The first kappa shape index (κ1) is 22.9. The second-order valence-corrected chi connectivity index (χ2v) is 10.9. The van der Waals surface area contributed by atoms with Crippen LogP contribution in [-0.4, -0.2) is 18.1 Å². The second-order valence-electron chi connectivity index (χ2n) is 7.36. The van der Waals surface area contributed by atoms with Crippen LogP contribution >= 0.6 is 32.3 Å². The van der Waals surface area contributed by atoms with E-state index >= 15 is 0 Å². The summed E-state index contributed by atoms with van der Waals surface area (Å²) < 4.78 is 7.74. The molecule has 4 rings (SSSR count). The first-order valence-corrected chi connectivity index (χ1v) is 12.5. The number of benzene rings is 2. The fourth-order valence-electron chi connectivity index (χ4n) is 3.61. The summed E-state index contributed by atoms with van der Waals surface area (Å²) in [6.45, 7) is 0.894. The van der Waals surface area contributed by atoms with Crippen LogP contribution < -0.4 is 0 Å². The molecule has 0 bridgehead atoms. The standard InChI is InChI=1S/C17H16N2.C6H11Br2N.Pt/c1-18-13-17(16-10-6-3-7-11-16)19(14-18)12-15-8-4-2-5-9-15;7-9(8)6-4-2-1-3-5-6;/h2-11,13H,12H2,1H3;6H,1-5H2;. The summed E-state index contributed by atoms with van der Waals surface area (Å²) in [5, 5.41) is 0. The Hall–Kier alpha value is -0.742. The van der Waals surface area contributed by atoms with Gasteiger partial charge < -0.3 is 0 Å². The van der Waals surface area contributed by atoms with Gasteiger partial charge in [-0.3, -0.25) is 0 Å². The zero-order valence-electron chi connectivity index (χ0n) is 16.6. The van der Waals surface area contributed by atoms with Gasteiger partial charge in [-0.1, -0.05) is 19.3 Å². The predicted octanol–water partition coefficient (Wildman–Crippen LogP) is 6.86. The summed E-state index contributed by atoms with van der Waals surface area (Å²) in [4.78, 5) is 0. The molecule has 0 saturated heterocycles. The van der Waals surface area contributed by atoms with Crippen LogP contribution in [0.2, 0.25) is 0 Å². The van der Waals surface area contributed by atoms with Crippen molar-refractivity contribution in [3.05, 3.63) is 76.2 Å². The van der Waals surface area contributed by atoms with Gasteiger partial charge in [0.25, 0.3) is 0 Å². The molecule has 3 nitrogen and oxygen atoms in total. The Morgan fingerprint density at radius 1 is 0.931 bits per heavy atom. The van der Waals surface area contributed by atoms with Crippen LogP contribution in [0, 0.1) is 3.80 Å². The minimum absolute atomic E-state index is 0.721. The number of halogens is 2. The first-order chi connectivity index (χ1) is 14.1. The van der Waals surface area contributed by atoms with Gasteiger partial charge in [0.05, 0.1) is 0 Å². The normalized spacial score (nSPS) is 14.6. The van der Waals surface area contributed by atoms with Crippen molar-refractivity contribution in [2.24, 2.45) is 7.05 Å². The van der Waals surface area contributed by atoms with E-state index in [-0.39, 0.29) is 0 Å². The Morgan fingerprint density at radius 2 is 1.52 bits per heavy atom. The molecule has 0 atom stereocenters. The number of hydrogen-bond acceptors (Lipinski definition) is 1. The van der Waals surface area contributed by atoms with E-state index in [9.17, 15) is 0 Å². The van der Waals surface area contributed by atoms with Crippen molar-refractivity contribution in [1.82, 2.24) is 12.1 Å². The van der Waals surface area contributed by atoms with Gasteiger partial charge in [-0.05, 0) is 12.8 Å². The third kappa shape index (κ3) is 6.62. The molecule has 6 heteroatoms. The zero-order chi connectivity index (χ0) is 20.6. The monoisotopic (exact) mass is 698 g/mol. The molecule has 1 saturated carbocycles. The quantitative estimate of drug-likeness (QED) is 0.272. The van der Waals surface area contributed by atoms with Crippen LogP contribution in [0.25, 0.3) is 11.3 Å². The van der Waals surface area contributed by atoms with Crippen LogP contribution in [0.1, 0.15) is 37.7 Å². The van der Waals surface area contributed by atoms with E-state index in [1.807, 2.05) is 2.95 Å². The number of rotatable bonds is 4. The van der Waals surface area contributed by atoms with Gasteiger partial charge in [-0.2, -0.15) is 2.95 Å². The summed E-state index contributed by atoms with van der Waals surface area (Å²) in [5.41, 5.74) is 3.82. The Bertz CT molecular complexity index is 930. The molecule has 0 N–H and O–H groups in total. The van der Waals surface area contributed by atoms with E-state index < -0.39 is 0 Å². The third-order valence-electron chi connectivity index (χ3n) is 5.19. The maximum atomic E-state index is 3.39. The molecule has 1 fully saturated rings. The van der Waals surface area contributed by atoms with E-state index in [4.69, 9.17) is 0 Å². The van der Waals surface area contributed by atoms with Crippen molar-refractivity contribution in [3.8, 4) is 11.3 Å². The maximum absolute atomic E-state index is 3.39. The van der Waals surface area contributed by atoms with Gasteiger partial charge in [0, 0.05) is 38.3 Å². The molecule has 1 aliphatic carbocycles. The summed E-state index contributed by atoms with van der Waals surface area (Å²) in [6, 6.07) is 21.9. The Kier molecular flexibility index (Phi) is 9.17. The SMILES string of the molecule is BrN(Br)C1CCCCC1.Cn1cc(-c2ccccc2)n(Cc2ccccc2)[c]1=[Pt]. The van der Waals surface area contributed by atoms with Crippen LogP contribution in [-0.2, 0) is 32.9 Å². The molecule has 3 aromatic rings. The second kappa shape index (κ2) is 11.6. The summed E-state index contributed by atoms with van der Waals surface area (Å²) in [6.07, 6.45) is 9.05. The average molecular weight is 700 g/mol. The van der Waals surface area contributed by atoms with Crippen LogP contribution in [0.15, 0.2) is 66.9 Å². The van der Waals surface area contributed by atoms with Crippen molar-refractivity contribution >= 4 is 32.3 Å². The number of aryl methyl sites for hydroxylation is 1. The number of nitrogens with zero attached hydrogens (tertiary/aromatic N) is 3. The van der Waals surface area contributed by atoms with Crippen LogP contribution in [0.4, 0.5) is 0 Å². The predicted molar refractivity (Wildman–Crippen MR) is 124 cm³/mol. The van der Waals surface area contributed by atoms with Gasteiger partial charge in [0.15, 0.2) is 0 Å². The molecule has 0 unspecified atom stereocenters. The molecule has 0 spiro atoms. The van der Waals surface area contributed by atoms with Crippen molar-refractivity contribution in [1.29, 1.82) is 0 Å². The molecule has 0 amide bonds. The number of aromatic nitrogens is 2. The number of imidazole rings is 1.